The lowest BCUT2D eigenvalue weighted by molar-refractivity contribution is 0.182. The van der Waals surface area contributed by atoms with E-state index in [0.29, 0.717) is 28.0 Å². The van der Waals surface area contributed by atoms with Crippen LogP contribution in [0.15, 0.2) is 29.4 Å². The first-order chi connectivity index (χ1) is 10.6. The van der Waals surface area contributed by atoms with Gasteiger partial charge in [0, 0.05) is 12.7 Å². The Kier molecular flexibility index (Phi) is 3.95. The van der Waals surface area contributed by atoms with Crippen molar-refractivity contribution in [2.45, 2.75) is 11.8 Å². The van der Waals surface area contributed by atoms with Gasteiger partial charge >= 0.3 is 0 Å². The lowest BCUT2D eigenvalue weighted by Gasteiger charge is -2.12. The minimum absolute atomic E-state index is 0.273. The van der Waals surface area contributed by atoms with Crippen molar-refractivity contribution in [1.29, 1.82) is 0 Å². The summed E-state index contributed by atoms with van der Waals surface area (Å²) in [7, 11) is 1.58. The molecule has 0 saturated carbocycles. The van der Waals surface area contributed by atoms with Crippen LogP contribution >= 0.6 is 11.8 Å². The second-order valence-corrected chi connectivity index (χ2v) is 5.34. The summed E-state index contributed by atoms with van der Waals surface area (Å²) >= 11 is 1.41. The third-order valence-electron chi connectivity index (χ3n) is 3.18. The van der Waals surface area contributed by atoms with Crippen LogP contribution in [0.25, 0.3) is 16.9 Å². The van der Waals surface area contributed by atoms with Crippen LogP contribution in [0.1, 0.15) is 5.69 Å². The molecule has 6 nitrogen and oxygen atoms in total. The molecule has 3 aromatic rings. The van der Waals surface area contributed by atoms with Crippen molar-refractivity contribution >= 4 is 23.4 Å². The summed E-state index contributed by atoms with van der Waals surface area (Å²) in [4.78, 5) is 8.76. The highest BCUT2D eigenvalue weighted by molar-refractivity contribution is 7.98. The third kappa shape index (κ3) is 2.51. The summed E-state index contributed by atoms with van der Waals surface area (Å²) < 4.78 is 19.8. The quantitative estimate of drug-likeness (QED) is 0.744. The van der Waals surface area contributed by atoms with E-state index < -0.39 is 0 Å². The van der Waals surface area contributed by atoms with Crippen LogP contribution in [0.3, 0.4) is 0 Å². The largest absolute Gasteiger partial charge is 0.383 e. The first-order valence-electron chi connectivity index (χ1n) is 6.48. The SMILES string of the molecule is COCc1nc2nc(SC)nn2c(N)c1-c1ccc(F)cc1. The molecule has 2 heterocycles. The number of nitrogen functional groups attached to an aromatic ring is 1. The molecule has 8 heteroatoms. The van der Waals surface area contributed by atoms with Crippen molar-refractivity contribution in [3.8, 4) is 11.1 Å². The molecule has 0 radical (unpaired) electrons. The van der Waals surface area contributed by atoms with Crippen LogP contribution in [-0.4, -0.2) is 32.9 Å². The average molecular weight is 319 g/mol. The number of benzene rings is 1. The number of halogens is 1. The first kappa shape index (κ1) is 14.7. The van der Waals surface area contributed by atoms with E-state index in [1.54, 1.807) is 19.2 Å². The normalized spacial score (nSPS) is 11.2. The van der Waals surface area contributed by atoms with Crippen LogP contribution in [0.2, 0.25) is 0 Å². The van der Waals surface area contributed by atoms with Gasteiger partial charge in [-0.3, -0.25) is 0 Å². The number of hydrogen-bond acceptors (Lipinski definition) is 6. The Bertz CT molecular complexity index is 818. The van der Waals surface area contributed by atoms with Crippen LogP contribution in [-0.2, 0) is 11.3 Å². The summed E-state index contributed by atoms with van der Waals surface area (Å²) in [5, 5.41) is 4.88. The zero-order valence-electron chi connectivity index (χ0n) is 12.1. The maximum Gasteiger partial charge on any atom is 0.255 e. The van der Waals surface area contributed by atoms with E-state index in [1.807, 2.05) is 6.26 Å². The highest BCUT2D eigenvalue weighted by Gasteiger charge is 2.17. The Balaban J connectivity index is 2.27. The van der Waals surface area contributed by atoms with Gasteiger partial charge in [-0.1, -0.05) is 23.9 Å². The van der Waals surface area contributed by atoms with E-state index in [9.17, 15) is 4.39 Å². The number of aromatic nitrogens is 4. The average Bonchev–Trinajstić information content (AvgIpc) is 2.93. The van der Waals surface area contributed by atoms with Gasteiger partial charge in [0.2, 0.25) is 5.16 Å². The van der Waals surface area contributed by atoms with Crippen molar-refractivity contribution in [1.82, 2.24) is 19.6 Å². The number of methoxy groups -OCH3 is 1. The number of fused-ring (bicyclic) bond motifs is 1. The van der Waals surface area contributed by atoms with Crippen LogP contribution in [0, 0.1) is 5.82 Å². The third-order valence-corrected chi connectivity index (χ3v) is 3.71. The van der Waals surface area contributed by atoms with Gasteiger partial charge in [0.1, 0.15) is 11.6 Å². The lowest BCUT2D eigenvalue weighted by Crippen LogP contribution is -2.08. The molecule has 1 aromatic carbocycles. The van der Waals surface area contributed by atoms with Gasteiger partial charge in [0.05, 0.1) is 12.3 Å². The number of thioether (sulfide) groups is 1. The molecule has 3 rings (SSSR count). The molecule has 0 aliphatic heterocycles. The Morgan fingerprint density at radius 1 is 1.27 bits per heavy atom. The molecular formula is C14H14FN5OS. The number of anilines is 1. The Morgan fingerprint density at radius 2 is 2.00 bits per heavy atom. The van der Waals surface area contributed by atoms with Crippen LogP contribution in [0.5, 0.6) is 0 Å². The van der Waals surface area contributed by atoms with E-state index in [0.717, 1.165) is 5.56 Å². The van der Waals surface area contributed by atoms with E-state index in [4.69, 9.17) is 10.5 Å². The number of nitrogens with zero attached hydrogens (tertiary/aromatic N) is 4. The summed E-state index contributed by atoms with van der Waals surface area (Å²) in [5.41, 5.74) is 8.31. The highest BCUT2D eigenvalue weighted by Crippen LogP contribution is 2.30. The zero-order valence-corrected chi connectivity index (χ0v) is 12.9. The van der Waals surface area contributed by atoms with E-state index in [1.165, 1.54) is 28.4 Å². The summed E-state index contributed by atoms with van der Waals surface area (Å²) in [6.07, 6.45) is 1.88. The number of nitrogens with two attached hydrogens (primary N) is 1. The van der Waals surface area contributed by atoms with E-state index >= 15 is 0 Å². The van der Waals surface area contributed by atoms with E-state index in [-0.39, 0.29) is 12.4 Å². The molecule has 2 N–H and O–H groups in total. The monoisotopic (exact) mass is 319 g/mol. The Hall–Kier alpha value is -2.19. The lowest BCUT2D eigenvalue weighted by atomic mass is 10.0. The molecule has 2 aromatic heterocycles. The zero-order chi connectivity index (χ0) is 15.7. The molecule has 0 amide bonds. The topological polar surface area (TPSA) is 78.3 Å². The van der Waals surface area contributed by atoms with Gasteiger partial charge in [0.15, 0.2) is 0 Å². The number of rotatable bonds is 4. The number of ether oxygens (including phenoxy) is 1. The first-order valence-corrected chi connectivity index (χ1v) is 7.70. The summed E-state index contributed by atoms with van der Waals surface area (Å²) in [6.45, 7) is 0.273. The molecular weight excluding hydrogens is 305 g/mol. The second-order valence-electron chi connectivity index (χ2n) is 4.57. The standard InChI is InChI=1S/C14H14FN5OS/c1-21-7-10-11(8-3-5-9(15)6-4-8)12(16)20-13(17-10)18-14(19-20)22-2/h3-6H,7,16H2,1-2H3. The fourth-order valence-electron chi connectivity index (χ4n) is 2.21. The van der Waals surface area contributed by atoms with Crippen LogP contribution in [0.4, 0.5) is 10.2 Å². The van der Waals surface area contributed by atoms with Gasteiger partial charge in [-0.05, 0) is 24.0 Å². The van der Waals surface area contributed by atoms with Crippen molar-refractivity contribution < 1.29 is 9.13 Å². The molecule has 22 heavy (non-hydrogen) atoms. The van der Waals surface area contributed by atoms with Gasteiger partial charge in [-0.15, -0.1) is 5.10 Å². The predicted molar refractivity (Wildman–Crippen MR) is 83.1 cm³/mol. The molecule has 0 spiro atoms. The van der Waals surface area contributed by atoms with Gasteiger partial charge < -0.3 is 10.5 Å². The molecule has 0 bridgehead atoms. The highest BCUT2D eigenvalue weighted by atomic mass is 32.2. The van der Waals surface area contributed by atoms with Crippen molar-refractivity contribution in [2.24, 2.45) is 0 Å². The fourth-order valence-corrected chi connectivity index (χ4v) is 2.54. The maximum absolute atomic E-state index is 13.2. The summed E-state index contributed by atoms with van der Waals surface area (Å²) in [5.74, 6) is 0.506. The molecule has 0 unspecified atom stereocenters. The van der Waals surface area contributed by atoms with Crippen molar-refractivity contribution in [3.63, 3.8) is 0 Å². The van der Waals surface area contributed by atoms with Gasteiger partial charge in [-0.2, -0.15) is 9.50 Å². The predicted octanol–water partition coefficient (Wildman–Crippen LogP) is 2.38. The molecule has 0 atom stereocenters. The second kappa shape index (κ2) is 5.90. The minimum Gasteiger partial charge on any atom is -0.383 e. The fraction of sp³-hybridized carbons (Fsp3) is 0.214. The molecule has 114 valence electrons. The molecule has 0 fully saturated rings. The maximum atomic E-state index is 13.2. The van der Waals surface area contributed by atoms with Crippen molar-refractivity contribution in [3.05, 3.63) is 35.8 Å². The van der Waals surface area contributed by atoms with Crippen molar-refractivity contribution in [2.75, 3.05) is 19.1 Å². The Morgan fingerprint density at radius 3 is 2.64 bits per heavy atom. The molecule has 0 aliphatic rings. The molecule has 0 aliphatic carbocycles. The molecule has 0 saturated heterocycles. The van der Waals surface area contributed by atoms with Gasteiger partial charge in [-0.25, -0.2) is 9.37 Å². The van der Waals surface area contributed by atoms with Gasteiger partial charge in [0.25, 0.3) is 5.78 Å². The Labute approximate surface area is 130 Å². The van der Waals surface area contributed by atoms with Crippen LogP contribution < -0.4 is 5.73 Å². The number of hydrogen-bond donors (Lipinski definition) is 1. The van der Waals surface area contributed by atoms with E-state index in [2.05, 4.69) is 15.1 Å². The smallest absolute Gasteiger partial charge is 0.255 e. The minimum atomic E-state index is -0.310. The summed E-state index contributed by atoms with van der Waals surface area (Å²) in [6, 6.07) is 6.06.